The van der Waals surface area contributed by atoms with Gasteiger partial charge in [0.2, 0.25) is 0 Å². The first-order chi connectivity index (χ1) is 11.4. The Morgan fingerprint density at radius 1 is 1.21 bits per heavy atom. The molecule has 2 aromatic rings. The molecule has 0 saturated heterocycles. The van der Waals surface area contributed by atoms with Crippen LogP contribution in [0.5, 0.6) is 5.75 Å². The van der Waals surface area contributed by atoms with E-state index >= 15 is 0 Å². The van der Waals surface area contributed by atoms with Crippen molar-refractivity contribution in [3.05, 3.63) is 51.2 Å². The van der Waals surface area contributed by atoms with Gasteiger partial charge >= 0.3 is 0 Å². The number of hydrogen-bond donors (Lipinski definition) is 2. The summed E-state index contributed by atoms with van der Waals surface area (Å²) in [7, 11) is 1.98. The van der Waals surface area contributed by atoms with Gasteiger partial charge in [-0.2, -0.15) is 0 Å². The predicted octanol–water partition coefficient (Wildman–Crippen LogP) is 4.49. The molecule has 0 aliphatic rings. The van der Waals surface area contributed by atoms with Crippen LogP contribution in [0.3, 0.4) is 0 Å². The molecule has 1 aromatic carbocycles. The number of aliphatic carboxylic acids is 1. The standard InChI is InChI=1S/C17H23NOS.C2H4O2/c1-12-6-5-7-13(2)16(12)19-15(8-10-18-4)17-14(3)9-11-20-17;1-2(3)4/h5-7,9,11,15,18H,8,10H2,1-4H3;1H3,(H,3,4). The van der Waals surface area contributed by atoms with Crippen LogP contribution in [-0.4, -0.2) is 24.7 Å². The van der Waals surface area contributed by atoms with Crippen LogP contribution in [0.2, 0.25) is 0 Å². The fourth-order valence-electron chi connectivity index (χ4n) is 2.36. The minimum absolute atomic E-state index is 0.127. The highest BCUT2D eigenvalue weighted by atomic mass is 32.1. The van der Waals surface area contributed by atoms with E-state index in [-0.39, 0.29) is 6.10 Å². The molecule has 4 nitrogen and oxygen atoms in total. The molecule has 24 heavy (non-hydrogen) atoms. The maximum atomic E-state index is 9.00. The minimum Gasteiger partial charge on any atom is -0.484 e. The lowest BCUT2D eigenvalue weighted by atomic mass is 10.1. The first-order valence-electron chi connectivity index (χ1n) is 7.97. The summed E-state index contributed by atoms with van der Waals surface area (Å²) in [6, 6.07) is 8.47. The van der Waals surface area contributed by atoms with Gasteiger partial charge in [-0.3, -0.25) is 4.79 Å². The third kappa shape index (κ3) is 6.34. The van der Waals surface area contributed by atoms with Gasteiger partial charge in [0.25, 0.3) is 5.97 Å². The van der Waals surface area contributed by atoms with Crippen LogP contribution in [-0.2, 0) is 4.79 Å². The number of carboxylic acid groups (broad SMARTS) is 1. The van der Waals surface area contributed by atoms with Crippen molar-refractivity contribution in [2.75, 3.05) is 13.6 Å². The van der Waals surface area contributed by atoms with Crippen LogP contribution in [0.25, 0.3) is 0 Å². The van der Waals surface area contributed by atoms with Gasteiger partial charge in [0.1, 0.15) is 11.9 Å². The molecule has 0 saturated carbocycles. The van der Waals surface area contributed by atoms with Crippen molar-refractivity contribution in [2.45, 2.75) is 40.2 Å². The maximum absolute atomic E-state index is 9.00. The zero-order valence-electron chi connectivity index (χ0n) is 15.1. The topological polar surface area (TPSA) is 58.6 Å². The Hall–Kier alpha value is -1.85. The van der Waals surface area contributed by atoms with Gasteiger partial charge in [0.05, 0.1) is 0 Å². The smallest absolute Gasteiger partial charge is 0.300 e. The van der Waals surface area contributed by atoms with Gasteiger partial charge in [-0.1, -0.05) is 18.2 Å². The highest BCUT2D eigenvalue weighted by Crippen LogP contribution is 2.33. The molecule has 1 aromatic heterocycles. The average molecular weight is 349 g/mol. The summed E-state index contributed by atoms with van der Waals surface area (Å²) in [5, 5.41) is 12.8. The second-order valence-corrected chi connectivity index (χ2v) is 6.65. The number of rotatable bonds is 6. The van der Waals surface area contributed by atoms with Crippen LogP contribution >= 0.6 is 11.3 Å². The summed E-state index contributed by atoms with van der Waals surface area (Å²) in [6.07, 6.45) is 1.10. The van der Waals surface area contributed by atoms with Crippen molar-refractivity contribution >= 4 is 17.3 Å². The van der Waals surface area contributed by atoms with Crippen LogP contribution in [0, 0.1) is 20.8 Å². The number of carboxylic acids is 1. The van der Waals surface area contributed by atoms with E-state index in [1.54, 1.807) is 11.3 Å². The Kier molecular flexibility index (Phi) is 8.50. The van der Waals surface area contributed by atoms with Crippen LogP contribution < -0.4 is 10.1 Å². The molecule has 0 amide bonds. The first kappa shape index (κ1) is 20.2. The van der Waals surface area contributed by atoms with E-state index in [1.165, 1.54) is 21.6 Å². The summed E-state index contributed by atoms with van der Waals surface area (Å²) in [4.78, 5) is 10.3. The lowest BCUT2D eigenvalue weighted by Gasteiger charge is -2.21. The molecule has 2 rings (SSSR count). The molecule has 0 fully saturated rings. The average Bonchev–Trinajstić information content (AvgIpc) is 2.92. The summed E-state index contributed by atoms with van der Waals surface area (Å²) in [5.74, 6) is 0.196. The number of para-hydroxylation sites is 1. The largest absolute Gasteiger partial charge is 0.484 e. The lowest BCUT2D eigenvalue weighted by molar-refractivity contribution is -0.134. The van der Waals surface area contributed by atoms with Gasteiger partial charge in [-0.05, 0) is 62.5 Å². The number of thiophene rings is 1. The Bertz CT molecular complexity index is 628. The number of carbonyl (C=O) groups is 1. The highest BCUT2D eigenvalue weighted by Gasteiger charge is 2.18. The zero-order valence-corrected chi connectivity index (χ0v) is 15.9. The fraction of sp³-hybridized carbons (Fsp3) is 0.421. The molecule has 0 radical (unpaired) electrons. The molecule has 0 aliphatic carbocycles. The van der Waals surface area contributed by atoms with E-state index in [0.29, 0.717) is 0 Å². The number of benzene rings is 1. The summed E-state index contributed by atoms with van der Waals surface area (Å²) >= 11 is 1.79. The van der Waals surface area contributed by atoms with Gasteiger partial charge in [-0.25, -0.2) is 0 Å². The van der Waals surface area contributed by atoms with Crippen molar-refractivity contribution in [3.63, 3.8) is 0 Å². The normalized spacial score (nSPS) is 11.4. The van der Waals surface area contributed by atoms with Gasteiger partial charge in [-0.15, -0.1) is 11.3 Å². The van der Waals surface area contributed by atoms with Crippen LogP contribution in [0.4, 0.5) is 0 Å². The molecule has 5 heteroatoms. The second-order valence-electron chi connectivity index (χ2n) is 5.71. The molecule has 0 aliphatic heterocycles. The number of ether oxygens (including phenoxy) is 1. The van der Waals surface area contributed by atoms with Crippen LogP contribution in [0.1, 0.15) is 41.0 Å². The van der Waals surface area contributed by atoms with Crippen molar-refractivity contribution in [2.24, 2.45) is 0 Å². The quantitative estimate of drug-likeness (QED) is 0.806. The molecule has 1 unspecified atom stereocenters. The maximum Gasteiger partial charge on any atom is 0.300 e. The van der Waals surface area contributed by atoms with Crippen molar-refractivity contribution in [3.8, 4) is 5.75 Å². The molecule has 132 valence electrons. The van der Waals surface area contributed by atoms with E-state index in [9.17, 15) is 0 Å². The third-order valence-electron chi connectivity index (χ3n) is 3.52. The van der Waals surface area contributed by atoms with Crippen molar-refractivity contribution in [1.29, 1.82) is 0 Å². The number of aryl methyl sites for hydroxylation is 3. The van der Waals surface area contributed by atoms with E-state index in [2.05, 4.69) is 55.7 Å². The second kappa shape index (κ2) is 10.1. The number of hydrogen-bond acceptors (Lipinski definition) is 4. The molecule has 0 bridgehead atoms. The van der Waals surface area contributed by atoms with Gasteiger partial charge in [0.15, 0.2) is 0 Å². The monoisotopic (exact) mass is 349 g/mol. The molecule has 2 N–H and O–H groups in total. The van der Waals surface area contributed by atoms with Crippen molar-refractivity contribution in [1.82, 2.24) is 5.32 Å². The van der Waals surface area contributed by atoms with E-state index < -0.39 is 5.97 Å². The van der Waals surface area contributed by atoms with Gasteiger partial charge < -0.3 is 15.2 Å². The third-order valence-corrected chi connectivity index (χ3v) is 4.63. The Labute approximate surface area is 148 Å². The molecular weight excluding hydrogens is 322 g/mol. The Morgan fingerprint density at radius 3 is 2.25 bits per heavy atom. The zero-order chi connectivity index (χ0) is 18.1. The first-order valence-corrected chi connectivity index (χ1v) is 8.85. The van der Waals surface area contributed by atoms with E-state index in [0.717, 1.165) is 25.6 Å². The summed E-state index contributed by atoms with van der Waals surface area (Å²) in [5.41, 5.74) is 3.73. The Morgan fingerprint density at radius 2 is 1.79 bits per heavy atom. The van der Waals surface area contributed by atoms with Crippen molar-refractivity contribution < 1.29 is 14.6 Å². The number of nitrogens with one attached hydrogen (secondary N) is 1. The van der Waals surface area contributed by atoms with E-state index in [1.807, 2.05) is 7.05 Å². The lowest BCUT2D eigenvalue weighted by Crippen LogP contribution is -2.16. The van der Waals surface area contributed by atoms with Gasteiger partial charge in [0, 0.05) is 18.2 Å². The highest BCUT2D eigenvalue weighted by molar-refractivity contribution is 7.10. The van der Waals surface area contributed by atoms with Crippen LogP contribution in [0.15, 0.2) is 29.6 Å². The molecule has 0 spiro atoms. The Balaban J connectivity index is 0.000000648. The SMILES string of the molecule is CC(=O)O.CNCCC(Oc1c(C)cccc1C)c1sccc1C. The molecule has 1 atom stereocenters. The summed E-state index contributed by atoms with van der Waals surface area (Å²) < 4.78 is 6.37. The molecular formula is C19H27NO3S. The summed E-state index contributed by atoms with van der Waals surface area (Å²) in [6.45, 7) is 8.41. The minimum atomic E-state index is -0.833. The fourth-order valence-corrected chi connectivity index (χ4v) is 3.35. The predicted molar refractivity (Wildman–Crippen MR) is 100 cm³/mol. The van der Waals surface area contributed by atoms with E-state index in [4.69, 9.17) is 14.6 Å². The molecule has 1 heterocycles.